The Morgan fingerprint density at radius 3 is 2.41 bits per heavy atom. The predicted molar refractivity (Wildman–Crippen MR) is 115 cm³/mol. The van der Waals surface area contributed by atoms with E-state index in [-0.39, 0.29) is 18.3 Å². The Bertz CT molecular complexity index is 1020. The molecule has 1 unspecified atom stereocenters. The van der Waals surface area contributed by atoms with Gasteiger partial charge in [0, 0.05) is 18.4 Å². The third-order valence-corrected chi connectivity index (χ3v) is 4.79. The van der Waals surface area contributed by atoms with E-state index in [0.717, 1.165) is 46.9 Å². The fraction of sp³-hybridized carbons (Fsp3) is 0.318. The van der Waals surface area contributed by atoms with E-state index in [1.807, 2.05) is 24.3 Å². The van der Waals surface area contributed by atoms with Crippen LogP contribution in [0.3, 0.4) is 0 Å². The fourth-order valence-corrected chi connectivity index (χ4v) is 3.16. The Morgan fingerprint density at radius 1 is 1.12 bits per heavy atom. The van der Waals surface area contributed by atoms with Crippen LogP contribution in [0.15, 0.2) is 55.0 Å². The number of pyridine rings is 1. The Balaban J connectivity index is 1.67. The van der Waals surface area contributed by atoms with Gasteiger partial charge >= 0.3 is 12.1 Å². The minimum absolute atomic E-state index is 0.0160. The van der Waals surface area contributed by atoms with Gasteiger partial charge in [-0.1, -0.05) is 25.5 Å². The highest BCUT2D eigenvalue weighted by atomic mass is 19.4. The van der Waals surface area contributed by atoms with Crippen LogP contribution in [-0.4, -0.2) is 32.4 Å². The Morgan fingerprint density at radius 2 is 1.84 bits per heavy atom. The maximum atomic E-state index is 12.8. The number of nitrogens with one attached hydrogen (secondary N) is 2. The molecular weight excluding hydrogens is 423 g/mol. The molecular formula is C22H24F3N5O2. The standard InChI is InChI=1S/C22H24F3N5O2/c1-2-3-19(15-4-6-17(7-5-15)26-11-10-21(31)32)29-18-8-9-20(27-13-18)30-14-16(12-28-30)22(23,24)25/h4-9,12-14,19,26,29H,2-3,10-11H2,1H3,(H,31,32). The Kier molecular flexibility index (Phi) is 7.34. The molecule has 0 fully saturated rings. The number of rotatable bonds is 10. The van der Waals surface area contributed by atoms with Crippen LogP contribution in [-0.2, 0) is 11.0 Å². The molecule has 0 aliphatic rings. The summed E-state index contributed by atoms with van der Waals surface area (Å²) in [6, 6.07) is 11.1. The van der Waals surface area contributed by atoms with Crippen LogP contribution in [0.5, 0.6) is 0 Å². The van der Waals surface area contributed by atoms with E-state index in [1.54, 1.807) is 18.3 Å². The third kappa shape index (κ3) is 6.22. The van der Waals surface area contributed by atoms with Crippen LogP contribution in [0.25, 0.3) is 5.82 Å². The lowest BCUT2D eigenvalue weighted by molar-refractivity contribution is -0.138. The molecule has 10 heteroatoms. The number of aromatic nitrogens is 3. The molecule has 170 valence electrons. The first-order chi connectivity index (χ1) is 15.3. The average molecular weight is 447 g/mol. The number of anilines is 2. The summed E-state index contributed by atoms with van der Waals surface area (Å²) < 4.78 is 39.4. The third-order valence-electron chi connectivity index (χ3n) is 4.79. The summed E-state index contributed by atoms with van der Waals surface area (Å²) in [7, 11) is 0. The van der Waals surface area contributed by atoms with Crippen molar-refractivity contribution in [3.8, 4) is 5.82 Å². The predicted octanol–water partition coefficient (Wildman–Crippen LogP) is 5.13. The number of halogens is 3. The first kappa shape index (κ1) is 23.1. The first-order valence-corrected chi connectivity index (χ1v) is 10.2. The van der Waals surface area contributed by atoms with E-state index in [9.17, 15) is 18.0 Å². The van der Waals surface area contributed by atoms with Gasteiger partial charge in [-0.25, -0.2) is 9.67 Å². The van der Waals surface area contributed by atoms with E-state index >= 15 is 0 Å². The van der Waals surface area contributed by atoms with Crippen molar-refractivity contribution in [1.82, 2.24) is 14.8 Å². The summed E-state index contributed by atoms with van der Waals surface area (Å²) in [4.78, 5) is 14.8. The van der Waals surface area contributed by atoms with Crippen molar-refractivity contribution in [2.24, 2.45) is 0 Å². The van der Waals surface area contributed by atoms with Crippen molar-refractivity contribution in [2.75, 3.05) is 17.2 Å². The molecule has 3 rings (SSSR count). The second-order valence-corrected chi connectivity index (χ2v) is 7.25. The molecule has 0 amide bonds. The summed E-state index contributed by atoms with van der Waals surface area (Å²) in [6.07, 6.45) is 0.633. The molecule has 1 aromatic carbocycles. The molecule has 0 saturated heterocycles. The number of carboxylic acids is 1. The van der Waals surface area contributed by atoms with Gasteiger partial charge in [0.15, 0.2) is 5.82 Å². The monoisotopic (exact) mass is 447 g/mol. The van der Waals surface area contributed by atoms with Gasteiger partial charge < -0.3 is 15.7 Å². The summed E-state index contributed by atoms with van der Waals surface area (Å²) in [5.41, 5.74) is 1.81. The zero-order chi connectivity index (χ0) is 23.1. The second kappa shape index (κ2) is 10.2. The van der Waals surface area contributed by atoms with E-state index in [4.69, 9.17) is 5.11 Å². The quantitative estimate of drug-likeness (QED) is 0.399. The normalized spacial score (nSPS) is 12.4. The molecule has 7 nitrogen and oxygen atoms in total. The van der Waals surface area contributed by atoms with Crippen LogP contribution in [0.2, 0.25) is 0 Å². The molecule has 32 heavy (non-hydrogen) atoms. The number of nitrogens with zero attached hydrogens (tertiary/aromatic N) is 3. The SMILES string of the molecule is CCCC(Nc1ccc(-n2cc(C(F)(F)F)cn2)nc1)c1ccc(NCCC(=O)O)cc1. The second-order valence-electron chi connectivity index (χ2n) is 7.25. The summed E-state index contributed by atoms with van der Waals surface area (Å²) in [5, 5.41) is 18.9. The van der Waals surface area contributed by atoms with E-state index in [1.165, 1.54) is 0 Å². The lowest BCUT2D eigenvalue weighted by atomic mass is 10.0. The zero-order valence-corrected chi connectivity index (χ0v) is 17.4. The maximum Gasteiger partial charge on any atom is 0.419 e. The van der Waals surface area contributed by atoms with Crippen molar-refractivity contribution in [2.45, 2.75) is 38.4 Å². The van der Waals surface area contributed by atoms with E-state index in [0.29, 0.717) is 6.54 Å². The first-order valence-electron chi connectivity index (χ1n) is 10.2. The lowest BCUT2D eigenvalue weighted by Crippen LogP contribution is -2.12. The van der Waals surface area contributed by atoms with Crippen LogP contribution >= 0.6 is 0 Å². The molecule has 3 aromatic rings. The number of hydrogen-bond acceptors (Lipinski definition) is 5. The van der Waals surface area contributed by atoms with Gasteiger partial charge in [-0.3, -0.25) is 4.79 Å². The lowest BCUT2D eigenvalue weighted by Gasteiger charge is -2.20. The summed E-state index contributed by atoms with van der Waals surface area (Å²) in [5.74, 6) is -0.566. The zero-order valence-electron chi connectivity index (χ0n) is 17.4. The number of carbonyl (C=O) groups is 1. The molecule has 0 saturated carbocycles. The number of benzene rings is 1. The van der Waals surface area contributed by atoms with Gasteiger partial charge in [-0.2, -0.15) is 18.3 Å². The van der Waals surface area contributed by atoms with E-state index < -0.39 is 17.7 Å². The Labute approximate surface area is 183 Å². The molecule has 2 heterocycles. The van der Waals surface area contributed by atoms with Gasteiger partial charge in [0.2, 0.25) is 0 Å². The highest BCUT2D eigenvalue weighted by Gasteiger charge is 2.32. The van der Waals surface area contributed by atoms with Gasteiger partial charge in [0.1, 0.15) is 0 Å². The van der Waals surface area contributed by atoms with Gasteiger partial charge in [-0.05, 0) is 36.2 Å². The molecule has 0 bridgehead atoms. The van der Waals surface area contributed by atoms with Crippen molar-refractivity contribution >= 4 is 17.3 Å². The molecule has 3 N–H and O–H groups in total. The summed E-state index contributed by atoms with van der Waals surface area (Å²) in [6.45, 7) is 2.43. The van der Waals surface area contributed by atoms with Gasteiger partial charge in [-0.15, -0.1) is 0 Å². The number of alkyl halides is 3. The molecule has 0 spiro atoms. The minimum Gasteiger partial charge on any atom is -0.481 e. The van der Waals surface area contributed by atoms with Crippen LogP contribution in [0, 0.1) is 0 Å². The average Bonchev–Trinajstić information content (AvgIpc) is 3.25. The van der Waals surface area contributed by atoms with Crippen LogP contribution in [0.4, 0.5) is 24.5 Å². The van der Waals surface area contributed by atoms with Crippen molar-refractivity contribution in [1.29, 1.82) is 0 Å². The van der Waals surface area contributed by atoms with E-state index in [2.05, 4.69) is 27.6 Å². The van der Waals surface area contributed by atoms with Crippen molar-refractivity contribution in [3.63, 3.8) is 0 Å². The highest BCUT2D eigenvalue weighted by molar-refractivity contribution is 5.67. The van der Waals surface area contributed by atoms with Crippen molar-refractivity contribution < 1.29 is 23.1 Å². The fourth-order valence-electron chi connectivity index (χ4n) is 3.16. The largest absolute Gasteiger partial charge is 0.481 e. The highest BCUT2D eigenvalue weighted by Crippen LogP contribution is 2.29. The van der Waals surface area contributed by atoms with Gasteiger partial charge in [0.25, 0.3) is 0 Å². The molecule has 0 aliphatic heterocycles. The van der Waals surface area contributed by atoms with Crippen LogP contribution < -0.4 is 10.6 Å². The number of carboxylic acid groups (broad SMARTS) is 1. The number of hydrogen-bond donors (Lipinski definition) is 3. The molecule has 1 atom stereocenters. The minimum atomic E-state index is -4.45. The molecule has 2 aromatic heterocycles. The topological polar surface area (TPSA) is 92.1 Å². The molecule has 0 radical (unpaired) electrons. The van der Waals surface area contributed by atoms with Crippen LogP contribution in [0.1, 0.15) is 43.4 Å². The maximum absolute atomic E-state index is 12.8. The van der Waals surface area contributed by atoms with Gasteiger partial charge in [0.05, 0.1) is 36.1 Å². The number of aliphatic carboxylic acids is 1. The van der Waals surface area contributed by atoms with Crippen molar-refractivity contribution in [3.05, 3.63) is 66.1 Å². The molecule has 0 aliphatic carbocycles. The summed E-state index contributed by atoms with van der Waals surface area (Å²) >= 11 is 0. The Hall–Kier alpha value is -3.56. The smallest absolute Gasteiger partial charge is 0.419 e.